The first-order chi connectivity index (χ1) is 13.5. The SMILES string of the molecule is COc1ccc(C(=O)N(C)Cc2c(C)nn(-c3ccccc3)c2C)c(OC)c1. The molecule has 0 spiro atoms. The molecule has 1 heterocycles. The minimum atomic E-state index is -0.120. The van der Waals surface area contributed by atoms with E-state index in [4.69, 9.17) is 9.47 Å². The number of benzene rings is 2. The maximum Gasteiger partial charge on any atom is 0.257 e. The number of aryl methyl sites for hydroxylation is 1. The average Bonchev–Trinajstić information content (AvgIpc) is 3.01. The zero-order valence-electron chi connectivity index (χ0n) is 16.9. The lowest BCUT2D eigenvalue weighted by Gasteiger charge is -2.19. The van der Waals surface area contributed by atoms with Crippen molar-refractivity contribution in [1.29, 1.82) is 0 Å². The van der Waals surface area contributed by atoms with E-state index in [1.807, 2.05) is 48.9 Å². The Bertz CT molecular complexity index is 980. The van der Waals surface area contributed by atoms with Crippen molar-refractivity contribution in [3.63, 3.8) is 0 Å². The molecule has 28 heavy (non-hydrogen) atoms. The van der Waals surface area contributed by atoms with Crippen LogP contribution in [0.5, 0.6) is 11.5 Å². The first-order valence-electron chi connectivity index (χ1n) is 9.04. The molecule has 146 valence electrons. The van der Waals surface area contributed by atoms with Gasteiger partial charge in [0.1, 0.15) is 11.5 Å². The van der Waals surface area contributed by atoms with Crippen LogP contribution < -0.4 is 9.47 Å². The van der Waals surface area contributed by atoms with Crippen LogP contribution in [0.25, 0.3) is 5.69 Å². The number of carbonyl (C=O) groups is 1. The predicted octanol–water partition coefficient (Wildman–Crippen LogP) is 3.78. The van der Waals surface area contributed by atoms with Crippen molar-refractivity contribution in [3.05, 3.63) is 71.0 Å². The van der Waals surface area contributed by atoms with Gasteiger partial charge >= 0.3 is 0 Å². The minimum Gasteiger partial charge on any atom is -0.497 e. The van der Waals surface area contributed by atoms with Crippen LogP contribution >= 0.6 is 0 Å². The molecule has 1 aromatic heterocycles. The van der Waals surface area contributed by atoms with Gasteiger partial charge in [0.05, 0.1) is 31.2 Å². The van der Waals surface area contributed by atoms with Crippen LogP contribution in [0.2, 0.25) is 0 Å². The van der Waals surface area contributed by atoms with Crippen LogP contribution in [0, 0.1) is 13.8 Å². The molecule has 6 nitrogen and oxygen atoms in total. The van der Waals surface area contributed by atoms with Crippen molar-refractivity contribution >= 4 is 5.91 Å². The molecule has 1 amide bonds. The molecule has 0 atom stereocenters. The van der Waals surface area contributed by atoms with Crippen molar-refractivity contribution in [1.82, 2.24) is 14.7 Å². The number of ether oxygens (including phenoxy) is 2. The third-order valence-corrected chi connectivity index (χ3v) is 4.82. The molecule has 0 radical (unpaired) electrons. The summed E-state index contributed by atoms with van der Waals surface area (Å²) in [5.41, 5.74) is 4.46. The van der Waals surface area contributed by atoms with Crippen molar-refractivity contribution in [3.8, 4) is 17.2 Å². The molecule has 0 N–H and O–H groups in total. The fourth-order valence-electron chi connectivity index (χ4n) is 3.21. The van der Waals surface area contributed by atoms with Crippen LogP contribution in [-0.4, -0.2) is 41.9 Å². The second-order valence-corrected chi connectivity index (χ2v) is 6.62. The summed E-state index contributed by atoms with van der Waals surface area (Å²) in [4.78, 5) is 14.7. The molecule has 0 aliphatic heterocycles. The first kappa shape index (κ1) is 19.5. The highest BCUT2D eigenvalue weighted by molar-refractivity contribution is 5.97. The number of nitrogens with zero attached hydrogens (tertiary/aromatic N) is 3. The van der Waals surface area contributed by atoms with Gasteiger partial charge in [0.15, 0.2) is 0 Å². The summed E-state index contributed by atoms with van der Waals surface area (Å²) in [5.74, 6) is 1.02. The van der Waals surface area contributed by atoms with E-state index in [-0.39, 0.29) is 5.91 Å². The fraction of sp³-hybridized carbons (Fsp3) is 0.273. The van der Waals surface area contributed by atoms with Gasteiger partial charge in [-0.2, -0.15) is 5.10 Å². The highest BCUT2D eigenvalue weighted by Gasteiger charge is 2.21. The number of methoxy groups -OCH3 is 2. The number of rotatable bonds is 6. The monoisotopic (exact) mass is 379 g/mol. The van der Waals surface area contributed by atoms with Gasteiger partial charge in [-0.15, -0.1) is 0 Å². The number of para-hydroxylation sites is 1. The third kappa shape index (κ3) is 3.71. The Kier molecular flexibility index (Phi) is 5.68. The molecule has 0 aliphatic carbocycles. The van der Waals surface area contributed by atoms with E-state index in [2.05, 4.69) is 5.10 Å². The molecule has 3 rings (SSSR count). The number of amides is 1. The maximum absolute atomic E-state index is 13.0. The topological polar surface area (TPSA) is 56.6 Å². The number of aromatic nitrogens is 2. The predicted molar refractivity (Wildman–Crippen MR) is 108 cm³/mol. The van der Waals surface area contributed by atoms with Gasteiger partial charge in [-0.3, -0.25) is 4.79 Å². The first-order valence-corrected chi connectivity index (χ1v) is 9.04. The van der Waals surface area contributed by atoms with Gasteiger partial charge in [0.2, 0.25) is 0 Å². The summed E-state index contributed by atoms with van der Waals surface area (Å²) in [6.07, 6.45) is 0. The molecule has 6 heteroatoms. The average molecular weight is 379 g/mol. The van der Waals surface area contributed by atoms with E-state index < -0.39 is 0 Å². The Morgan fingerprint density at radius 3 is 2.43 bits per heavy atom. The van der Waals surface area contributed by atoms with Crippen molar-refractivity contribution in [2.45, 2.75) is 20.4 Å². The Morgan fingerprint density at radius 2 is 1.79 bits per heavy atom. The smallest absolute Gasteiger partial charge is 0.257 e. The lowest BCUT2D eigenvalue weighted by atomic mass is 10.1. The molecule has 0 unspecified atom stereocenters. The van der Waals surface area contributed by atoms with Crippen LogP contribution in [0.4, 0.5) is 0 Å². The van der Waals surface area contributed by atoms with Gasteiger partial charge in [-0.05, 0) is 38.1 Å². The zero-order valence-corrected chi connectivity index (χ0v) is 16.9. The standard InChI is InChI=1S/C22H25N3O3/c1-15-20(16(2)25(23-15)17-9-7-6-8-10-17)14-24(3)22(26)19-12-11-18(27-4)13-21(19)28-5/h6-13H,14H2,1-5H3. The van der Waals surface area contributed by atoms with Gasteiger partial charge in [0, 0.05) is 30.9 Å². The van der Waals surface area contributed by atoms with E-state index in [1.165, 1.54) is 0 Å². The van der Waals surface area contributed by atoms with Gasteiger partial charge < -0.3 is 14.4 Å². The van der Waals surface area contributed by atoms with E-state index in [0.717, 1.165) is 22.6 Å². The second-order valence-electron chi connectivity index (χ2n) is 6.62. The summed E-state index contributed by atoms with van der Waals surface area (Å²) in [5, 5.41) is 4.66. The fourth-order valence-corrected chi connectivity index (χ4v) is 3.21. The van der Waals surface area contributed by atoms with Crippen LogP contribution in [0.3, 0.4) is 0 Å². The summed E-state index contributed by atoms with van der Waals surface area (Å²) in [7, 11) is 4.91. The zero-order chi connectivity index (χ0) is 20.3. The van der Waals surface area contributed by atoms with Crippen LogP contribution in [0.15, 0.2) is 48.5 Å². The van der Waals surface area contributed by atoms with E-state index >= 15 is 0 Å². The lowest BCUT2D eigenvalue weighted by Crippen LogP contribution is -2.27. The van der Waals surface area contributed by atoms with Crippen LogP contribution in [-0.2, 0) is 6.54 Å². The third-order valence-electron chi connectivity index (χ3n) is 4.82. The van der Waals surface area contributed by atoms with Crippen molar-refractivity contribution in [2.24, 2.45) is 0 Å². The molecule has 0 fully saturated rings. The Labute approximate surface area is 165 Å². The number of carbonyl (C=O) groups excluding carboxylic acids is 1. The quantitative estimate of drug-likeness (QED) is 0.654. The van der Waals surface area contributed by atoms with Crippen molar-refractivity contribution in [2.75, 3.05) is 21.3 Å². The Balaban J connectivity index is 1.87. The van der Waals surface area contributed by atoms with E-state index in [1.54, 1.807) is 44.4 Å². The summed E-state index contributed by atoms with van der Waals surface area (Å²) < 4.78 is 12.5. The molecule has 3 aromatic rings. The molecule has 0 aliphatic rings. The highest BCUT2D eigenvalue weighted by Crippen LogP contribution is 2.26. The highest BCUT2D eigenvalue weighted by atomic mass is 16.5. The molecule has 0 saturated heterocycles. The van der Waals surface area contributed by atoms with Crippen LogP contribution in [0.1, 0.15) is 27.3 Å². The summed E-state index contributed by atoms with van der Waals surface area (Å²) >= 11 is 0. The summed E-state index contributed by atoms with van der Waals surface area (Å²) in [6.45, 7) is 4.45. The van der Waals surface area contributed by atoms with Gasteiger partial charge in [0.25, 0.3) is 5.91 Å². The van der Waals surface area contributed by atoms with E-state index in [0.29, 0.717) is 23.6 Å². The second kappa shape index (κ2) is 8.17. The molecule has 2 aromatic carbocycles. The van der Waals surface area contributed by atoms with E-state index in [9.17, 15) is 4.79 Å². The summed E-state index contributed by atoms with van der Waals surface area (Å²) in [6, 6.07) is 15.2. The molecular formula is C22H25N3O3. The Hall–Kier alpha value is -3.28. The minimum absolute atomic E-state index is 0.120. The molecular weight excluding hydrogens is 354 g/mol. The van der Waals surface area contributed by atoms with Gasteiger partial charge in [-0.1, -0.05) is 18.2 Å². The largest absolute Gasteiger partial charge is 0.497 e. The van der Waals surface area contributed by atoms with Crippen molar-refractivity contribution < 1.29 is 14.3 Å². The molecule has 0 saturated carbocycles. The molecule has 0 bridgehead atoms. The Morgan fingerprint density at radius 1 is 1.07 bits per heavy atom. The maximum atomic E-state index is 13.0. The number of hydrogen-bond donors (Lipinski definition) is 0. The normalized spacial score (nSPS) is 10.6. The van der Waals surface area contributed by atoms with Gasteiger partial charge in [-0.25, -0.2) is 4.68 Å². The lowest BCUT2D eigenvalue weighted by molar-refractivity contribution is 0.0781. The number of hydrogen-bond acceptors (Lipinski definition) is 4.